The average Bonchev–Trinajstić information content (AvgIpc) is 2.59. The molecule has 4 nitrogen and oxygen atoms in total. The van der Waals surface area contributed by atoms with Crippen molar-refractivity contribution in [2.45, 2.75) is 32.9 Å². The van der Waals surface area contributed by atoms with Gasteiger partial charge in [-0.25, -0.2) is 0 Å². The second-order valence-electron chi connectivity index (χ2n) is 6.26. The van der Waals surface area contributed by atoms with Crippen molar-refractivity contribution >= 4 is 5.91 Å². The van der Waals surface area contributed by atoms with E-state index < -0.39 is 6.10 Å². The van der Waals surface area contributed by atoms with Crippen molar-refractivity contribution in [2.75, 3.05) is 6.61 Å². The van der Waals surface area contributed by atoms with Gasteiger partial charge in [-0.3, -0.25) is 4.79 Å². The first kappa shape index (κ1) is 18.0. The van der Waals surface area contributed by atoms with Crippen LogP contribution in [0.5, 0.6) is 5.75 Å². The first-order valence-corrected chi connectivity index (χ1v) is 8.26. The fourth-order valence-electron chi connectivity index (χ4n) is 2.21. The number of benzene rings is 2. The molecule has 128 valence electrons. The van der Waals surface area contributed by atoms with E-state index in [0.29, 0.717) is 19.1 Å². The smallest absolute Gasteiger partial charge is 0.223 e. The third-order valence-corrected chi connectivity index (χ3v) is 3.56. The molecular weight excluding hydrogens is 302 g/mol. The number of aliphatic hydroxyl groups excluding tert-OH is 1. The fraction of sp³-hybridized carbons (Fsp3) is 0.350. The van der Waals surface area contributed by atoms with Crippen LogP contribution in [0.1, 0.15) is 37.5 Å². The largest absolute Gasteiger partial charge is 0.493 e. The van der Waals surface area contributed by atoms with E-state index in [4.69, 9.17) is 4.74 Å². The normalized spacial score (nSPS) is 12.0. The van der Waals surface area contributed by atoms with Crippen LogP contribution in [0.25, 0.3) is 0 Å². The molecule has 0 aliphatic rings. The lowest BCUT2D eigenvalue weighted by atomic mass is 10.1. The number of rotatable bonds is 8. The predicted molar refractivity (Wildman–Crippen MR) is 94.6 cm³/mol. The minimum Gasteiger partial charge on any atom is -0.493 e. The van der Waals surface area contributed by atoms with E-state index in [1.54, 1.807) is 0 Å². The van der Waals surface area contributed by atoms with Gasteiger partial charge in [0.25, 0.3) is 0 Å². The zero-order valence-electron chi connectivity index (χ0n) is 14.2. The van der Waals surface area contributed by atoms with Crippen molar-refractivity contribution in [1.29, 1.82) is 0 Å². The standard InChI is InChI=1S/C20H25NO3/c1-15(2)14-24-18-10-8-16(9-11-18)13-21-20(23)12-19(22)17-6-4-3-5-7-17/h3-11,15,19,22H,12-14H2,1-2H3,(H,21,23). The van der Waals surface area contributed by atoms with E-state index in [-0.39, 0.29) is 12.3 Å². The lowest BCUT2D eigenvalue weighted by Gasteiger charge is -2.12. The first-order chi connectivity index (χ1) is 11.5. The van der Waals surface area contributed by atoms with Crippen LogP contribution >= 0.6 is 0 Å². The Morgan fingerprint density at radius 3 is 2.38 bits per heavy atom. The summed E-state index contributed by atoms with van der Waals surface area (Å²) in [5.74, 6) is 1.14. The summed E-state index contributed by atoms with van der Waals surface area (Å²) in [5.41, 5.74) is 1.74. The van der Waals surface area contributed by atoms with Gasteiger partial charge in [0.15, 0.2) is 0 Å². The van der Waals surface area contributed by atoms with Crippen LogP contribution in [-0.2, 0) is 11.3 Å². The maximum atomic E-state index is 11.9. The highest BCUT2D eigenvalue weighted by Crippen LogP contribution is 2.16. The third kappa shape index (κ3) is 6.05. The molecule has 0 aliphatic carbocycles. The topological polar surface area (TPSA) is 58.6 Å². The summed E-state index contributed by atoms with van der Waals surface area (Å²) in [6.07, 6.45) is -0.724. The summed E-state index contributed by atoms with van der Waals surface area (Å²) >= 11 is 0. The molecule has 0 saturated heterocycles. The molecule has 2 N–H and O–H groups in total. The number of carbonyl (C=O) groups excluding carboxylic acids is 1. The predicted octanol–water partition coefficient (Wildman–Crippen LogP) is 3.46. The molecular formula is C20H25NO3. The maximum Gasteiger partial charge on any atom is 0.223 e. The van der Waals surface area contributed by atoms with Gasteiger partial charge in [0.05, 0.1) is 19.1 Å². The molecule has 0 saturated carbocycles. The van der Waals surface area contributed by atoms with Gasteiger partial charge in [0.1, 0.15) is 5.75 Å². The highest BCUT2D eigenvalue weighted by atomic mass is 16.5. The molecule has 1 unspecified atom stereocenters. The van der Waals surface area contributed by atoms with Gasteiger partial charge in [0.2, 0.25) is 5.91 Å². The molecule has 4 heteroatoms. The summed E-state index contributed by atoms with van der Waals surface area (Å²) in [6.45, 7) is 5.33. The third-order valence-electron chi connectivity index (χ3n) is 3.56. The Kier molecular flexibility index (Phi) is 6.82. The van der Waals surface area contributed by atoms with Crippen LogP contribution in [0.2, 0.25) is 0 Å². The van der Waals surface area contributed by atoms with Gasteiger partial charge in [-0.1, -0.05) is 56.3 Å². The summed E-state index contributed by atoms with van der Waals surface area (Å²) in [5, 5.41) is 12.9. The summed E-state index contributed by atoms with van der Waals surface area (Å²) < 4.78 is 5.63. The summed E-state index contributed by atoms with van der Waals surface area (Å²) in [6, 6.07) is 16.9. The van der Waals surface area contributed by atoms with Gasteiger partial charge in [-0.15, -0.1) is 0 Å². The number of ether oxygens (including phenoxy) is 1. The molecule has 2 rings (SSSR count). The van der Waals surface area contributed by atoms with Crippen molar-refractivity contribution in [2.24, 2.45) is 5.92 Å². The fourth-order valence-corrected chi connectivity index (χ4v) is 2.21. The van der Waals surface area contributed by atoms with Crippen LogP contribution in [-0.4, -0.2) is 17.6 Å². The van der Waals surface area contributed by atoms with Crippen LogP contribution in [0.4, 0.5) is 0 Å². The van der Waals surface area contributed by atoms with E-state index in [9.17, 15) is 9.90 Å². The zero-order chi connectivity index (χ0) is 17.4. The van der Waals surface area contributed by atoms with Crippen molar-refractivity contribution in [3.8, 4) is 5.75 Å². The van der Waals surface area contributed by atoms with Crippen molar-refractivity contribution in [3.05, 3.63) is 65.7 Å². The molecule has 0 fully saturated rings. The lowest BCUT2D eigenvalue weighted by Crippen LogP contribution is -2.24. The number of amides is 1. The molecule has 2 aromatic carbocycles. The first-order valence-electron chi connectivity index (χ1n) is 8.26. The van der Waals surface area contributed by atoms with Crippen molar-refractivity contribution in [3.63, 3.8) is 0 Å². The van der Waals surface area contributed by atoms with E-state index in [2.05, 4.69) is 19.2 Å². The Morgan fingerprint density at radius 1 is 1.08 bits per heavy atom. The summed E-state index contributed by atoms with van der Waals surface area (Å²) in [7, 11) is 0. The monoisotopic (exact) mass is 327 g/mol. The lowest BCUT2D eigenvalue weighted by molar-refractivity contribution is -0.123. The Labute approximate surface area is 143 Å². The molecule has 2 aromatic rings. The second kappa shape index (κ2) is 9.08. The van der Waals surface area contributed by atoms with Gasteiger partial charge >= 0.3 is 0 Å². The Bertz CT molecular complexity index is 623. The zero-order valence-corrected chi connectivity index (χ0v) is 14.2. The van der Waals surface area contributed by atoms with E-state index in [0.717, 1.165) is 16.9 Å². The molecule has 1 amide bonds. The Morgan fingerprint density at radius 2 is 1.75 bits per heavy atom. The van der Waals surface area contributed by atoms with Crippen LogP contribution in [0, 0.1) is 5.92 Å². The van der Waals surface area contributed by atoms with E-state index in [1.807, 2.05) is 54.6 Å². The average molecular weight is 327 g/mol. The van der Waals surface area contributed by atoms with Crippen molar-refractivity contribution in [1.82, 2.24) is 5.32 Å². The van der Waals surface area contributed by atoms with Gasteiger partial charge in [-0.2, -0.15) is 0 Å². The van der Waals surface area contributed by atoms with Crippen LogP contribution in [0.15, 0.2) is 54.6 Å². The number of hydrogen-bond donors (Lipinski definition) is 2. The number of carbonyl (C=O) groups is 1. The SMILES string of the molecule is CC(C)COc1ccc(CNC(=O)CC(O)c2ccccc2)cc1. The molecule has 0 bridgehead atoms. The van der Waals surface area contributed by atoms with Crippen LogP contribution in [0.3, 0.4) is 0 Å². The highest BCUT2D eigenvalue weighted by molar-refractivity contribution is 5.76. The molecule has 0 spiro atoms. The summed E-state index contributed by atoms with van der Waals surface area (Å²) in [4.78, 5) is 11.9. The van der Waals surface area contributed by atoms with Gasteiger partial charge < -0.3 is 15.2 Å². The van der Waals surface area contributed by atoms with Gasteiger partial charge in [0, 0.05) is 6.54 Å². The Hall–Kier alpha value is -2.33. The van der Waals surface area contributed by atoms with E-state index >= 15 is 0 Å². The molecule has 0 aliphatic heterocycles. The van der Waals surface area contributed by atoms with Gasteiger partial charge in [-0.05, 0) is 29.2 Å². The molecule has 0 radical (unpaired) electrons. The minimum atomic E-state index is -0.780. The molecule has 24 heavy (non-hydrogen) atoms. The highest BCUT2D eigenvalue weighted by Gasteiger charge is 2.12. The number of hydrogen-bond acceptors (Lipinski definition) is 3. The molecule has 0 heterocycles. The van der Waals surface area contributed by atoms with Crippen LogP contribution < -0.4 is 10.1 Å². The Balaban J connectivity index is 1.77. The number of nitrogens with one attached hydrogen (secondary N) is 1. The second-order valence-corrected chi connectivity index (χ2v) is 6.26. The maximum absolute atomic E-state index is 11.9. The quantitative estimate of drug-likeness (QED) is 0.780. The molecule has 0 aromatic heterocycles. The number of aliphatic hydroxyl groups is 1. The molecule has 1 atom stereocenters. The van der Waals surface area contributed by atoms with E-state index in [1.165, 1.54) is 0 Å². The van der Waals surface area contributed by atoms with Crippen molar-refractivity contribution < 1.29 is 14.6 Å². The minimum absolute atomic E-state index is 0.0552.